The van der Waals surface area contributed by atoms with Crippen LogP contribution in [0.2, 0.25) is 0 Å². The van der Waals surface area contributed by atoms with E-state index in [1.807, 2.05) is 17.1 Å². The number of sulfonamides is 1. The van der Waals surface area contributed by atoms with Crippen LogP contribution in [-0.4, -0.2) is 57.8 Å². The van der Waals surface area contributed by atoms with Gasteiger partial charge in [0.2, 0.25) is 17.7 Å². The van der Waals surface area contributed by atoms with Crippen molar-refractivity contribution in [2.75, 3.05) is 41.7 Å². The zero-order chi connectivity index (χ0) is 28.0. The van der Waals surface area contributed by atoms with Crippen LogP contribution in [0.5, 0.6) is 5.75 Å². The van der Waals surface area contributed by atoms with Crippen molar-refractivity contribution < 1.29 is 27.5 Å². The summed E-state index contributed by atoms with van der Waals surface area (Å²) in [6.07, 6.45) is 7.84. The number of hydrogen-bond donors (Lipinski definition) is 2. The number of imide groups is 1. The molecule has 1 saturated carbocycles. The van der Waals surface area contributed by atoms with Gasteiger partial charge in [-0.05, 0) is 80.0 Å². The van der Waals surface area contributed by atoms with Crippen molar-refractivity contribution in [3.05, 3.63) is 54.6 Å². The fourth-order valence-corrected chi connectivity index (χ4v) is 7.85. The average molecular weight is 565 g/mol. The van der Waals surface area contributed by atoms with Crippen molar-refractivity contribution in [2.24, 2.45) is 23.7 Å². The molecule has 10 nitrogen and oxygen atoms in total. The topological polar surface area (TPSA) is 125 Å². The van der Waals surface area contributed by atoms with E-state index in [0.29, 0.717) is 17.1 Å². The zero-order valence-corrected chi connectivity index (χ0v) is 23.0. The molecule has 4 atom stereocenters. The van der Waals surface area contributed by atoms with E-state index in [1.54, 1.807) is 36.4 Å². The molecule has 0 aromatic heterocycles. The highest BCUT2D eigenvalue weighted by Crippen LogP contribution is 2.52. The largest absolute Gasteiger partial charge is 0.497 e. The van der Waals surface area contributed by atoms with Crippen LogP contribution < -0.4 is 19.7 Å². The van der Waals surface area contributed by atoms with Crippen molar-refractivity contribution in [3.63, 3.8) is 0 Å². The molecule has 2 bridgehead atoms. The third kappa shape index (κ3) is 4.72. The Labute approximate surface area is 233 Å². The second kappa shape index (κ2) is 10.3. The van der Waals surface area contributed by atoms with Crippen LogP contribution >= 0.6 is 0 Å². The molecule has 2 heterocycles. The van der Waals surface area contributed by atoms with Gasteiger partial charge < -0.3 is 15.0 Å². The Bertz CT molecular complexity index is 1450. The maximum atomic E-state index is 13.6. The van der Waals surface area contributed by atoms with E-state index in [-0.39, 0.29) is 46.1 Å². The first-order valence-corrected chi connectivity index (χ1v) is 15.1. The number of nitrogens with one attached hydrogen (secondary N) is 2. The molecule has 2 saturated heterocycles. The lowest BCUT2D eigenvalue weighted by molar-refractivity contribution is -0.143. The maximum Gasteiger partial charge on any atom is 0.264 e. The number of rotatable bonds is 8. The lowest BCUT2D eigenvalue weighted by atomic mass is 9.85. The van der Waals surface area contributed by atoms with Gasteiger partial charge in [-0.3, -0.25) is 24.0 Å². The third-order valence-corrected chi connectivity index (χ3v) is 9.85. The summed E-state index contributed by atoms with van der Waals surface area (Å²) in [6, 6.07) is 11.3. The molecule has 2 aromatic rings. The van der Waals surface area contributed by atoms with E-state index in [4.69, 9.17) is 4.74 Å². The first-order valence-electron chi connectivity index (χ1n) is 13.6. The maximum absolute atomic E-state index is 13.6. The summed E-state index contributed by atoms with van der Waals surface area (Å²) in [7, 11) is -2.50. The molecule has 210 valence electrons. The van der Waals surface area contributed by atoms with E-state index in [9.17, 15) is 22.8 Å². The van der Waals surface area contributed by atoms with Gasteiger partial charge in [-0.1, -0.05) is 12.2 Å². The number of allylic oxidation sites excluding steroid dienone is 2. The highest BCUT2D eigenvalue weighted by molar-refractivity contribution is 7.92. The quantitative estimate of drug-likeness (QED) is 0.373. The SMILES string of the molecule is COc1ccc(NS(=O)(=O)c2cc(NC(=O)CN3C(=O)C4C5C=CC(C5)C4C3=O)ccc2N2CCCCC2)cc1. The molecule has 2 aliphatic heterocycles. The Morgan fingerprint density at radius 1 is 0.925 bits per heavy atom. The summed E-state index contributed by atoms with van der Waals surface area (Å²) in [5.41, 5.74) is 1.20. The van der Waals surface area contributed by atoms with Crippen LogP contribution in [0.25, 0.3) is 0 Å². The number of amides is 3. The molecule has 40 heavy (non-hydrogen) atoms. The normalized spacial score (nSPS) is 25.3. The third-order valence-electron chi connectivity index (χ3n) is 8.44. The number of fused-ring (bicyclic) bond motifs is 5. The molecule has 11 heteroatoms. The predicted molar refractivity (Wildman–Crippen MR) is 149 cm³/mol. The minimum Gasteiger partial charge on any atom is -0.497 e. The minimum atomic E-state index is -4.04. The summed E-state index contributed by atoms with van der Waals surface area (Å²) in [5, 5.41) is 2.71. The fraction of sp³-hybridized carbons (Fsp3) is 0.414. The highest BCUT2D eigenvalue weighted by Gasteiger charge is 2.59. The Morgan fingerprint density at radius 3 is 2.17 bits per heavy atom. The number of anilines is 3. The van der Waals surface area contributed by atoms with Crippen LogP contribution in [-0.2, 0) is 24.4 Å². The number of hydrogen-bond acceptors (Lipinski definition) is 7. The summed E-state index contributed by atoms with van der Waals surface area (Å²) in [4.78, 5) is 42.1. The van der Waals surface area contributed by atoms with Gasteiger partial charge in [0.15, 0.2) is 0 Å². The molecule has 2 aliphatic carbocycles. The number of piperidine rings is 1. The number of benzene rings is 2. The second-order valence-corrected chi connectivity index (χ2v) is 12.5. The van der Waals surface area contributed by atoms with E-state index < -0.39 is 22.5 Å². The summed E-state index contributed by atoms with van der Waals surface area (Å²) < 4.78 is 35.0. The summed E-state index contributed by atoms with van der Waals surface area (Å²) >= 11 is 0. The van der Waals surface area contributed by atoms with Crippen LogP contribution in [0.15, 0.2) is 59.5 Å². The van der Waals surface area contributed by atoms with Crippen LogP contribution in [0, 0.1) is 23.7 Å². The summed E-state index contributed by atoms with van der Waals surface area (Å²) in [5.74, 6) is -1.17. The van der Waals surface area contributed by atoms with E-state index >= 15 is 0 Å². The highest BCUT2D eigenvalue weighted by atomic mass is 32.2. The zero-order valence-electron chi connectivity index (χ0n) is 22.2. The van der Waals surface area contributed by atoms with Crippen molar-refractivity contribution in [1.29, 1.82) is 0 Å². The molecule has 0 spiro atoms. The van der Waals surface area contributed by atoms with Crippen molar-refractivity contribution in [3.8, 4) is 5.75 Å². The van der Waals surface area contributed by atoms with Gasteiger partial charge in [-0.15, -0.1) is 0 Å². The molecular formula is C29H32N4O6S. The van der Waals surface area contributed by atoms with E-state index in [1.165, 1.54) is 13.2 Å². The van der Waals surface area contributed by atoms with Crippen molar-refractivity contribution >= 4 is 44.8 Å². The number of ether oxygens (including phenoxy) is 1. The number of likely N-dealkylation sites (tertiary alicyclic amines) is 1. The Hall–Kier alpha value is -3.86. The lowest BCUT2D eigenvalue weighted by Crippen LogP contribution is -2.39. The smallest absolute Gasteiger partial charge is 0.264 e. The predicted octanol–water partition coefficient (Wildman–Crippen LogP) is 3.23. The molecule has 3 fully saturated rings. The van der Waals surface area contributed by atoms with Gasteiger partial charge >= 0.3 is 0 Å². The van der Waals surface area contributed by atoms with Crippen LogP contribution in [0.3, 0.4) is 0 Å². The van der Waals surface area contributed by atoms with Gasteiger partial charge in [0.05, 0.1) is 24.6 Å². The number of carbonyl (C=O) groups is 3. The second-order valence-electron chi connectivity index (χ2n) is 10.9. The Morgan fingerprint density at radius 2 is 1.55 bits per heavy atom. The Balaban J connectivity index is 1.22. The fourth-order valence-electron chi connectivity index (χ4n) is 6.54. The van der Waals surface area contributed by atoms with Crippen LogP contribution in [0.1, 0.15) is 25.7 Å². The Kier molecular flexibility index (Phi) is 6.77. The van der Waals surface area contributed by atoms with Gasteiger partial charge in [-0.25, -0.2) is 8.42 Å². The molecule has 4 aliphatic rings. The van der Waals surface area contributed by atoms with Crippen molar-refractivity contribution in [2.45, 2.75) is 30.6 Å². The van der Waals surface area contributed by atoms with Gasteiger partial charge in [-0.2, -0.15) is 0 Å². The molecule has 2 N–H and O–H groups in total. The molecule has 6 rings (SSSR count). The number of nitrogens with zero attached hydrogens (tertiary/aromatic N) is 2. The molecule has 2 aromatic carbocycles. The lowest BCUT2D eigenvalue weighted by Gasteiger charge is -2.30. The average Bonchev–Trinajstić information content (AvgIpc) is 3.64. The first-order chi connectivity index (χ1) is 19.2. The van der Waals surface area contributed by atoms with Gasteiger partial charge in [0.1, 0.15) is 17.2 Å². The standard InChI is InChI=1S/C29H32N4O6S/c1-39-22-10-7-20(8-11-22)31-40(37,38)24-16-21(9-12-23(24)32-13-3-2-4-14-32)30-25(34)17-33-28(35)26-18-5-6-19(15-18)27(26)29(33)36/h5-12,16,18-19,26-27,31H,2-4,13-15,17H2,1H3,(H,30,34). The number of carbonyl (C=O) groups excluding carboxylic acids is 3. The van der Waals surface area contributed by atoms with Gasteiger partial charge in [0, 0.05) is 24.5 Å². The number of methoxy groups -OCH3 is 1. The van der Waals surface area contributed by atoms with E-state index in [2.05, 4.69) is 10.0 Å². The minimum absolute atomic E-state index is 0.0357. The van der Waals surface area contributed by atoms with E-state index in [0.717, 1.165) is 43.7 Å². The molecule has 0 radical (unpaired) electrons. The van der Waals surface area contributed by atoms with Gasteiger partial charge in [0.25, 0.3) is 10.0 Å². The first kappa shape index (κ1) is 26.4. The summed E-state index contributed by atoms with van der Waals surface area (Å²) in [6.45, 7) is 1.06. The molecule has 3 amide bonds. The van der Waals surface area contributed by atoms with Crippen molar-refractivity contribution in [1.82, 2.24) is 4.90 Å². The van der Waals surface area contributed by atoms with Crippen LogP contribution in [0.4, 0.5) is 17.1 Å². The monoisotopic (exact) mass is 564 g/mol. The molecule has 4 unspecified atom stereocenters. The molecular weight excluding hydrogens is 532 g/mol.